The van der Waals surface area contributed by atoms with Crippen LogP contribution in [0.25, 0.3) is 0 Å². The van der Waals surface area contributed by atoms with Crippen molar-refractivity contribution in [2.45, 2.75) is 37.5 Å². The average Bonchev–Trinajstić information content (AvgIpc) is 2.80. The number of aromatic nitrogens is 2. The zero-order valence-corrected chi connectivity index (χ0v) is 10.4. The summed E-state index contributed by atoms with van der Waals surface area (Å²) in [5, 5.41) is 21.9. The van der Waals surface area contributed by atoms with E-state index >= 15 is 0 Å². The van der Waals surface area contributed by atoms with Gasteiger partial charge in [0.05, 0.1) is 11.9 Å². The third kappa shape index (κ3) is 2.80. The highest BCUT2D eigenvalue weighted by Gasteiger charge is 2.30. The zero-order chi connectivity index (χ0) is 13.2. The third-order valence-corrected chi connectivity index (χ3v) is 3.32. The van der Waals surface area contributed by atoms with Crippen LogP contribution in [0.3, 0.4) is 0 Å². The Hall–Kier alpha value is -1.60. The first-order valence-electron chi connectivity index (χ1n) is 6.05. The number of aliphatic hydroxyl groups is 1. The highest BCUT2D eigenvalue weighted by atomic mass is 16.3. The van der Waals surface area contributed by atoms with Gasteiger partial charge in [0.25, 0.3) is 5.91 Å². The lowest BCUT2D eigenvalue weighted by molar-refractivity contribution is 0.00251. The Morgan fingerprint density at radius 1 is 1.61 bits per heavy atom. The van der Waals surface area contributed by atoms with Crippen molar-refractivity contribution in [3.63, 3.8) is 0 Å². The van der Waals surface area contributed by atoms with Crippen LogP contribution in [0.15, 0.2) is 6.20 Å². The van der Waals surface area contributed by atoms with E-state index in [0.717, 1.165) is 0 Å². The van der Waals surface area contributed by atoms with Gasteiger partial charge < -0.3 is 21.5 Å². The van der Waals surface area contributed by atoms with Gasteiger partial charge in [0, 0.05) is 13.1 Å². The van der Waals surface area contributed by atoms with E-state index in [1.807, 2.05) is 0 Å². The summed E-state index contributed by atoms with van der Waals surface area (Å²) in [5.74, 6) is -0.190. The van der Waals surface area contributed by atoms with Crippen LogP contribution in [0.2, 0.25) is 0 Å². The molecule has 0 saturated heterocycles. The SMILES string of the molecule is CNc1cn[nH]c1C(=O)NC1CCC(N)(O)CC1. The van der Waals surface area contributed by atoms with Crippen molar-refractivity contribution >= 4 is 11.6 Å². The molecule has 1 aliphatic rings. The predicted molar refractivity (Wildman–Crippen MR) is 67.0 cm³/mol. The number of nitrogens with zero attached hydrogens (tertiary/aromatic N) is 1. The van der Waals surface area contributed by atoms with Gasteiger partial charge in [-0.2, -0.15) is 5.10 Å². The molecular weight excluding hydrogens is 234 g/mol. The first-order chi connectivity index (χ1) is 8.52. The fourth-order valence-corrected chi connectivity index (χ4v) is 2.17. The molecule has 18 heavy (non-hydrogen) atoms. The lowest BCUT2D eigenvalue weighted by Crippen LogP contribution is -2.48. The maximum Gasteiger partial charge on any atom is 0.271 e. The number of anilines is 1. The first kappa shape index (κ1) is 12.8. The lowest BCUT2D eigenvalue weighted by Gasteiger charge is -2.33. The quantitative estimate of drug-likeness (QED) is 0.477. The molecule has 7 heteroatoms. The van der Waals surface area contributed by atoms with Crippen LogP contribution in [0.1, 0.15) is 36.2 Å². The fraction of sp³-hybridized carbons (Fsp3) is 0.636. The van der Waals surface area contributed by atoms with Crippen LogP contribution in [-0.2, 0) is 0 Å². The van der Waals surface area contributed by atoms with Crippen LogP contribution in [0, 0.1) is 0 Å². The standard InChI is InChI=1S/C11H19N5O2/c1-13-8-6-14-16-9(8)10(17)15-7-2-4-11(12,18)5-3-7/h6-7,13,18H,2-5,12H2,1H3,(H,14,16)(H,15,17). The van der Waals surface area contributed by atoms with Gasteiger partial charge in [-0.15, -0.1) is 0 Å². The number of carbonyl (C=O) groups excluding carboxylic acids is 1. The maximum atomic E-state index is 12.0. The lowest BCUT2D eigenvalue weighted by atomic mass is 9.89. The second-order valence-electron chi connectivity index (χ2n) is 4.76. The number of amides is 1. The van der Waals surface area contributed by atoms with Gasteiger partial charge in [0.15, 0.2) is 0 Å². The third-order valence-electron chi connectivity index (χ3n) is 3.32. The molecule has 0 unspecified atom stereocenters. The van der Waals surface area contributed by atoms with Crippen LogP contribution in [0.5, 0.6) is 0 Å². The molecule has 1 saturated carbocycles. The molecule has 0 atom stereocenters. The normalized spacial score (nSPS) is 27.8. The molecule has 0 bridgehead atoms. The fourth-order valence-electron chi connectivity index (χ4n) is 2.17. The monoisotopic (exact) mass is 253 g/mol. The van der Waals surface area contributed by atoms with Crippen molar-refractivity contribution < 1.29 is 9.90 Å². The Balaban J connectivity index is 1.93. The summed E-state index contributed by atoms with van der Waals surface area (Å²) in [7, 11) is 1.73. The summed E-state index contributed by atoms with van der Waals surface area (Å²) in [6.07, 6.45) is 3.93. The van der Waals surface area contributed by atoms with E-state index in [9.17, 15) is 9.90 Å². The summed E-state index contributed by atoms with van der Waals surface area (Å²) >= 11 is 0. The van der Waals surface area contributed by atoms with E-state index in [1.165, 1.54) is 0 Å². The number of hydrogen-bond donors (Lipinski definition) is 5. The summed E-state index contributed by atoms with van der Waals surface area (Å²) in [5.41, 5.74) is 5.64. The maximum absolute atomic E-state index is 12.0. The van der Waals surface area contributed by atoms with E-state index in [1.54, 1.807) is 13.2 Å². The number of nitrogens with one attached hydrogen (secondary N) is 3. The molecule has 2 rings (SSSR count). The number of nitrogens with two attached hydrogens (primary N) is 1. The smallest absolute Gasteiger partial charge is 0.271 e. The predicted octanol–water partition coefficient (Wildman–Crippen LogP) is -0.229. The molecule has 1 aromatic rings. The Morgan fingerprint density at radius 2 is 2.28 bits per heavy atom. The molecule has 1 aromatic heterocycles. The minimum atomic E-state index is -1.08. The number of rotatable bonds is 3. The molecule has 0 aliphatic heterocycles. The highest BCUT2D eigenvalue weighted by Crippen LogP contribution is 2.24. The minimum Gasteiger partial charge on any atom is -0.385 e. The average molecular weight is 253 g/mol. The molecule has 1 heterocycles. The van der Waals surface area contributed by atoms with E-state index in [0.29, 0.717) is 37.1 Å². The largest absolute Gasteiger partial charge is 0.385 e. The van der Waals surface area contributed by atoms with Gasteiger partial charge in [0.2, 0.25) is 0 Å². The highest BCUT2D eigenvalue weighted by molar-refractivity contribution is 5.97. The molecule has 0 radical (unpaired) electrons. The van der Waals surface area contributed by atoms with Gasteiger partial charge in [-0.25, -0.2) is 0 Å². The Kier molecular flexibility index (Phi) is 3.53. The molecule has 1 amide bonds. The van der Waals surface area contributed by atoms with E-state index < -0.39 is 5.72 Å². The number of hydrogen-bond acceptors (Lipinski definition) is 5. The van der Waals surface area contributed by atoms with Crippen LogP contribution in [-0.4, -0.2) is 40.0 Å². The molecule has 1 fully saturated rings. The zero-order valence-electron chi connectivity index (χ0n) is 10.4. The van der Waals surface area contributed by atoms with Crippen molar-refractivity contribution in [2.75, 3.05) is 12.4 Å². The molecule has 6 N–H and O–H groups in total. The first-order valence-corrected chi connectivity index (χ1v) is 6.05. The Morgan fingerprint density at radius 3 is 2.89 bits per heavy atom. The molecule has 100 valence electrons. The Labute approximate surface area is 105 Å². The van der Waals surface area contributed by atoms with Crippen LogP contribution in [0.4, 0.5) is 5.69 Å². The molecular formula is C11H19N5O2. The van der Waals surface area contributed by atoms with Crippen molar-refractivity contribution in [2.24, 2.45) is 5.73 Å². The van der Waals surface area contributed by atoms with E-state index in [2.05, 4.69) is 20.8 Å². The molecule has 1 aliphatic carbocycles. The molecule has 0 aromatic carbocycles. The number of aromatic amines is 1. The van der Waals surface area contributed by atoms with Crippen LogP contribution >= 0.6 is 0 Å². The van der Waals surface area contributed by atoms with Gasteiger partial charge in [-0.3, -0.25) is 9.89 Å². The topological polar surface area (TPSA) is 116 Å². The van der Waals surface area contributed by atoms with Crippen molar-refractivity contribution in [1.29, 1.82) is 0 Å². The summed E-state index contributed by atoms with van der Waals surface area (Å²) in [6, 6.07) is 0.0503. The Bertz CT molecular complexity index is 419. The number of H-pyrrole nitrogens is 1. The minimum absolute atomic E-state index is 0.0503. The summed E-state index contributed by atoms with van der Waals surface area (Å²) in [6.45, 7) is 0. The van der Waals surface area contributed by atoms with Crippen molar-refractivity contribution in [3.05, 3.63) is 11.9 Å². The molecule has 7 nitrogen and oxygen atoms in total. The van der Waals surface area contributed by atoms with Crippen molar-refractivity contribution in [1.82, 2.24) is 15.5 Å². The summed E-state index contributed by atoms with van der Waals surface area (Å²) in [4.78, 5) is 12.0. The number of carbonyl (C=O) groups is 1. The van der Waals surface area contributed by atoms with Crippen LogP contribution < -0.4 is 16.4 Å². The van der Waals surface area contributed by atoms with Gasteiger partial charge in [-0.1, -0.05) is 0 Å². The van der Waals surface area contributed by atoms with Crippen molar-refractivity contribution in [3.8, 4) is 0 Å². The van der Waals surface area contributed by atoms with Gasteiger partial charge in [-0.05, 0) is 25.7 Å². The van der Waals surface area contributed by atoms with E-state index in [-0.39, 0.29) is 11.9 Å². The second kappa shape index (κ2) is 4.95. The molecule has 0 spiro atoms. The second-order valence-corrected chi connectivity index (χ2v) is 4.76. The van der Waals surface area contributed by atoms with E-state index in [4.69, 9.17) is 5.73 Å². The summed E-state index contributed by atoms with van der Waals surface area (Å²) < 4.78 is 0. The van der Waals surface area contributed by atoms with Gasteiger partial charge >= 0.3 is 0 Å². The van der Waals surface area contributed by atoms with Gasteiger partial charge in [0.1, 0.15) is 11.4 Å².